The van der Waals surface area contributed by atoms with Crippen molar-refractivity contribution >= 4 is 17.3 Å². The normalized spacial score (nSPS) is 18.4. The molecule has 2 heterocycles. The Morgan fingerprint density at radius 1 is 1.15 bits per heavy atom. The summed E-state index contributed by atoms with van der Waals surface area (Å²) < 4.78 is 38.6. The van der Waals surface area contributed by atoms with E-state index in [1.165, 1.54) is 12.1 Å². The minimum Gasteiger partial charge on any atom is -0.410 e. The van der Waals surface area contributed by atoms with Gasteiger partial charge in [0.1, 0.15) is 0 Å². The number of carbonyl (C=O) groups is 1. The summed E-state index contributed by atoms with van der Waals surface area (Å²) in [5.74, 6) is -0.493. The van der Waals surface area contributed by atoms with Crippen LogP contribution >= 0.6 is 0 Å². The lowest BCUT2D eigenvalue weighted by molar-refractivity contribution is -0.137. The van der Waals surface area contributed by atoms with E-state index in [1.54, 1.807) is 6.07 Å². The van der Waals surface area contributed by atoms with Gasteiger partial charge in [-0.15, -0.1) is 0 Å². The van der Waals surface area contributed by atoms with Crippen LogP contribution in [0.1, 0.15) is 22.3 Å². The van der Waals surface area contributed by atoms with Crippen LogP contribution in [-0.2, 0) is 23.9 Å². The Morgan fingerprint density at radius 2 is 1.85 bits per heavy atom. The first-order valence-corrected chi connectivity index (χ1v) is 8.38. The smallest absolute Gasteiger partial charge is 0.410 e. The lowest BCUT2D eigenvalue weighted by Gasteiger charge is -2.29. The van der Waals surface area contributed by atoms with Crippen LogP contribution in [0, 0.1) is 0 Å². The summed E-state index contributed by atoms with van der Waals surface area (Å²) in [5.41, 5.74) is 3.56. The van der Waals surface area contributed by atoms with Crippen LogP contribution in [0.2, 0.25) is 0 Å². The fourth-order valence-corrected chi connectivity index (χ4v) is 3.71. The van der Waals surface area contributed by atoms with E-state index >= 15 is 0 Å². The van der Waals surface area contributed by atoms with E-state index in [0.29, 0.717) is 29.8 Å². The van der Waals surface area contributed by atoms with Gasteiger partial charge in [0.25, 0.3) is 5.91 Å². The first kappa shape index (κ1) is 17.5. The molecule has 2 aromatic carbocycles. The van der Waals surface area contributed by atoms with Crippen LogP contribution in [0.15, 0.2) is 35.5 Å². The highest BCUT2D eigenvalue weighted by atomic mass is 19.4. The zero-order chi connectivity index (χ0) is 19.3. The van der Waals surface area contributed by atoms with E-state index in [9.17, 15) is 23.2 Å². The zero-order valence-corrected chi connectivity index (χ0v) is 14.4. The molecule has 8 heteroatoms. The molecule has 0 unspecified atom stereocenters. The van der Waals surface area contributed by atoms with Crippen LogP contribution in [0.25, 0.3) is 11.1 Å². The van der Waals surface area contributed by atoms with Gasteiger partial charge in [-0.1, -0.05) is 17.3 Å². The Labute approximate surface area is 153 Å². The number of oxime groups is 1. The maximum absolute atomic E-state index is 12.9. The van der Waals surface area contributed by atoms with Crippen molar-refractivity contribution in [2.45, 2.75) is 19.1 Å². The van der Waals surface area contributed by atoms with Gasteiger partial charge in [-0.25, -0.2) is 0 Å². The number of fused-ring (bicyclic) bond motifs is 3. The standard InChI is InChI=1S/C19H16F3N3O2/c1-25-7-6-12-13(10-2-4-11(5-3-10)19(20,21)22)8-14-16(15(12)9-25)23-18(26)17(14)24-27/h2-5,8,27H,6-7,9H2,1H3,(H,23,24,26). The maximum Gasteiger partial charge on any atom is 0.416 e. The molecule has 0 atom stereocenters. The van der Waals surface area contributed by atoms with E-state index in [1.807, 2.05) is 7.05 Å². The Morgan fingerprint density at radius 3 is 2.48 bits per heavy atom. The molecule has 5 nitrogen and oxygen atoms in total. The summed E-state index contributed by atoms with van der Waals surface area (Å²) in [6.07, 6.45) is -3.69. The molecule has 0 aromatic heterocycles. The van der Waals surface area contributed by atoms with E-state index < -0.39 is 17.6 Å². The molecule has 27 heavy (non-hydrogen) atoms. The van der Waals surface area contributed by atoms with Gasteiger partial charge in [-0.3, -0.25) is 4.79 Å². The minimum atomic E-state index is -4.40. The number of alkyl halides is 3. The number of rotatable bonds is 1. The van der Waals surface area contributed by atoms with Crippen molar-refractivity contribution in [2.75, 3.05) is 18.9 Å². The summed E-state index contributed by atoms with van der Waals surface area (Å²) in [7, 11) is 1.96. The third kappa shape index (κ3) is 2.86. The van der Waals surface area contributed by atoms with Gasteiger partial charge >= 0.3 is 6.18 Å². The molecule has 0 bridgehead atoms. The summed E-state index contributed by atoms with van der Waals surface area (Å²) in [5, 5.41) is 15.1. The Hall–Kier alpha value is -2.87. The summed E-state index contributed by atoms with van der Waals surface area (Å²) >= 11 is 0. The van der Waals surface area contributed by atoms with Crippen LogP contribution in [0.3, 0.4) is 0 Å². The second kappa shape index (κ2) is 6.09. The van der Waals surface area contributed by atoms with Crippen molar-refractivity contribution in [3.8, 4) is 11.1 Å². The third-order valence-corrected chi connectivity index (χ3v) is 5.05. The molecule has 140 valence electrons. The van der Waals surface area contributed by atoms with Crippen LogP contribution in [-0.4, -0.2) is 35.3 Å². The molecule has 0 radical (unpaired) electrons. The first-order chi connectivity index (χ1) is 12.8. The molecule has 0 aliphatic carbocycles. The fourth-order valence-electron chi connectivity index (χ4n) is 3.71. The van der Waals surface area contributed by atoms with E-state index in [0.717, 1.165) is 35.4 Å². The second-order valence-electron chi connectivity index (χ2n) is 6.77. The number of halogens is 3. The summed E-state index contributed by atoms with van der Waals surface area (Å²) in [4.78, 5) is 14.2. The van der Waals surface area contributed by atoms with E-state index in [-0.39, 0.29) is 5.71 Å². The average molecular weight is 375 g/mol. The van der Waals surface area contributed by atoms with Gasteiger partial charge in [-0.05, 0) is 53.9 Å². The van der Waals surface area contributed by atoms with E-state index in [2.05, 4.69) is 15.4 Å². The number of hydrogen-bond donors (Lipinski definition) is 2. The van der Waals surface area contributed by atoms with Crippen molar-refractivity contribution in [3.63, 3.8) is 0 Å². The first-order valence-electron chi connectivity index (χ1n) is 8.38. The SMILES string of the molecule is CN1CCc2c(-c3ccc(C(F)(F)F)cc3)cc3c(c2C1)NC(=O)/C3=N\O. The van der Waals surface area contributed by atoms with Crippen molar-refractivity contribution in [2.24, 2.45) is 5.16 Å². The molecule has 0 saturated carbocycles. The van der Waals surface area contributed by atoms with Crippen molar-refractivity contribution in [1.29, 1.82) is 0 Å². The monoisotopic (exact) mass is 375 g/mol. The Kier molecular flexibility index (Phi) is 3.96. The second-order valence-corrected chi connectivity index (χ2v) is 6.77. The van der Waals surface area contributed by atoms with Gasteiger partial charge in [0, 0.05) is 18.7 Å². The number of carbonyl (C=O) groups excluding carboxylic acids is 1. The molecule has 2 N–H and O–H groups in total. The lowest BCUT2D eigenvalue weighted by Crippen LogP contribution is -2.27. The molecule has 1 amide bonds. The van der Waals surface area contributed by atoms with Gasteiger partial charge in [-0.2, -0.15) is 13.2 Å². The zero-order valence-electron chi connectivity index (χ0n) is 14.4. The average Bonchev–Trinajstić information content (AvgIpc) is 2.95. The van der Waals surface area contributed by atoms with Crippen LogP contribution in [0.5, 0.6) is 0 Å². The van der Waals surface area contributed by atoms with Crippen molar-refractivity contribution < 1.29 is 23.2 Å². The molecule has 2 aromatic rings. The van der Waals surface area contributed by atoms with E-state index in [4.69, 9.17) is 0 Å². The molecule has 0 saturated heterocycles. The summed E-state index contributed by atoms with van der Waals surface area (Å²) in [6.45, 7) is 1.39. The number of likely N-dealkylation sites (N-methyl/N-ethyl adjacent to an activating group) is 1. The number of anilines is 1. The van der Waals surface area contributed by atoms with Crippen LogP contribution < -0.4 is 5.32 Å². The Balaban J connectivity index is 1.90. The molecule has 2 aliphatic heterocycles. The number of nitrogens with zero attached hydrogens (tertiary/aromatic N) is 2. The third-order valence-electron chi connectivity index (χ3n) is 5.05. The molecular formula is C19H16F3N3O2. The number of hydrogen-bond acceptors (Lipinski definition) is 4. The predicted molar refractivity (Wildman–Crippen MR) is 93.9 cm³/mol. The number of amides is 1. The maximum atomic E-state index is 12.9. The van der Waals surface area contributed by atoms with Gasteiger partial charge < -0.3 is 15.4 Å². The van der Waals surface area contributed by atoms with Gasteiger partial charge in [0.2, 0.25) is 0 Å². The highest BCUT2D eigenvalue weighted by Gasteiger charge is 2.34. The van der Waals surface area contributed by atoms with Gasteiger partial charge in [0.15, 0.2) is 5.71 Å². The summed E-state index contributed by atoms with van der Waals surface area (Å²) in [6, 6.07) is 6.68. The fraction of sp³-hybridized carbons (Fsp3) is 0.263. The number of nitrogens with one attached hydrogen (secondary N) is 1. The molecule has 4 rings (SSSR count). The predicted octanol–water partition coefficient (Wildman–Crippen LogP) is 3.49. The van der Waals surface area contributed by atoms with Crippen molar-refractivity contribution in [3.05, 3.63) is 52.6 Å². The quantitative estimate of drug-likeness (QED) is 0.592. The molecule has 0 spiro atoms. The molecule has 2 aliphatic rings. The Bertz CT molecular complexity index is 966. The molecular weight excluding hydrogens is 359 g/mol. The highest BCUT2D eigenvalue weighted by molar-refractivity contribution is 6.54. The van der Waals surface area contributed by atoms with Crippen LogP contribution in [0.4, 0.5) is 18.9 Å². The minimum absolute atomic E-state index is 0.0887. The van der Waals surface area contributed by atoms with Crippen molar-refractivity contribution in [1.82, 2.24) is 4.90 Å². The molecule has 0 fully saturated rings. The number of benzene rings is 2. The highest BCUT2D eigenvalue weighted by Crippen LogP contribution is 2.40. The lowest BCUT2D eigenvalue weighted by atomic mass is 9.87. The van der Waals surface area contributed by atoms with Gasteiger partial charge in [0.05, 0.1) is 11.3 Å². The largest absolute Gasteiger partial charge is 0.416 e. The topological polar surface area (TPSA) is 64.9 Å².